The molecule has 1 atom stereocenters. The summed E-state index contributed by atoms with van der Waals surface area (Å²) in [5.41, 5.74) is 5.58. The van der Waals surface area contributed by atoms with Crippen molar-refractivity contribution in [2.75, 3.05) is 12.4 Å². The first-order valence-electron chi connectivity index (χ1n) is 10.5. The summed E-state index contributed by atoms with van der Waals surface area (Å²) in [6, 6.07) is 21.4. The summed E-state index contributed by atoms with van der Waals surface area (Å²) >= 11 is 1.30. The smallest absolute Gasteiger partial charge is 0.242 e. The topological polar surface area (TPSA) is 81.9 Å². The van der Waals surface area contributed by atoms with Crippen LogP contribution in [0.1, 0.15) is 27.5 Å². The van der Waals surface area contributed by atoms with Gasteiger partial charge < -0.3 is 10.1 Å². The van der Waals surface area contributed by atoms with E-state index in [1.165, 1.54) is 11.8 Å². The van der Waals surface area contributed by atoms with E-state index in [1.54, 1.807) is 11.8 Å². The Morgan fingerprint density at radius 2 is 1.73 bits per heavy atom. The molecule has 1 heterocycles. The average molecular weight is 460 g/mol. The van der Waals surface area contributed by atoms with Crippen LogP contribution < -0.4 is 10.1 Å². The van der Waals surface area contributed by atoms with E-state index >= 15 is 0 Å². The van der Waals surface area contributed by atoms with Crippen molar-refractivity contribution >= 4 is 23.4 Å². The van der Waals surface area contributed by atoms with E-state index in [2.05, 4.69) is 26.9 Å². The SMILES string of the molecule is COc1ccc(C)cc1NC(=O)C(Sc1nnnn1-c1ccc(C)cc1C)c1ccccc1. The zero-order valence-electron chi connectivity index (χ0n) is 18.9. The van der Waals surface area contributed by atoms with Gasteiger partial charge in [-0.15, -0.1) is 5.10 Å². The molecule has 168 valence electrons. The normalized spacial score (nSPS) is 11.8. The molecule has 0 aliphatic heterocycles. The van der Waals surface area contributed by atoms with Crippen LogP contribution in [-0.4, -0.2) is 33.2 Å². The first-order chi connectivity index (χ1) is 16.0. The van der Waals surface area contributed by atoms with Gasteiger partial charge in [0, 0.05) is 0 Å². The number of amides is 1. The molecule has 1 N–H and O–H groups in total. The fraction of sp³-hybridized carbons (Fsp3) is 0.200. The maximum absolute atomic E-state index is 13.5. The van der Waals surface area contributed by atoms with E-state index in [1.807, 2.05) is 81.4 Å². The van der Waals surface area contributed by atoms with E-state index in [0.717, 1.165) is 27.9 Å². The fourth-order valence-electron chi connectivity index (χ4n) is 3.57. The monoisotopic (exact) mass is 459 g/mol. The van der Waals surface area contributed by atoms with Gasteiger partial charge in [0.25, 0.3) is 0 Å². The largest absolute Gasteiger partial charge is 0.495 e. The third kappa shape index (κ3) is 5.06. The Bertz CT molecular complexity index is 1270. The van der Waals surface area contributed by atoms with Crippen molar-refractivity contribution in [1.29, 1.82) is 0 Å². The van der Waals surface area contributed by atoms with Gasteiger partial charge in [0.05, 0.1) is 18.5 Å². The third-order valence-electron chi connectivity index (χ3n) is 5.20. The van der Waals surface area contributed by atoms with E-state index in [-0.39, 0.29) is 5.91 Å². The number of benzene rings is 3. The first-order valence-corrected chi connectivity index (χ1v) is 11.4. The minimum Gasteiger partial charge on any atom is -0.495 e. The second-order valence-electron chi connectivity index (χ2n) is 7.76. The molecule has 0 saturated heterocycles. The van der Waals surface area contributed by atoms with Crippen LogP contribution in [0.3, 0.4) is 0 Å². The predicted molar refractivity (Wildman–Crippen MR) is 130 cm³/mol. The number of ether oxygens (including phenoxy) is 1. The molecule has 0 bridgehead atoms. The lowest BCUT2D eigenvalue weighted by Crippen LogP contribution is -2.20. The fourth-order valence-corrected chi connectivity index (χ4v) is 4.56. The maximum atomic E-state index is 13.5. The van der Waals surface area contributed by atoms with E-state index < -0.39 is 5.25 Å². The summed E-state index contributed by atoms with van der Waals surface area (Å²) < 4.78 is 7.11. The van der Waals surface area contributed by atoms with Crippen LogP contribution in [0, 0.1) is 20.8 Å². The molecule has 4 aromatic rings. The van der Waals surface area contributed by atoms with Gasteiger partial charge in [-0.25, -0.2) is 0 Å². The molecule has 3 aromatic carbocycles. The minimum absolute atomic E-state index is 0.190. The van der Waals surface area contributed by atoms with Gasteiger partial charge in [-0.2, -0.15) is 4.68 Å². The van der Waals surface area contributed by atoms with Crippen LogP contribution in [0.15, 0.2) is 71.9 Å². The Morgan fingerprint density at radius 1 is 1.00 bits per heavy atom. The lowest BCUT2D eigenvalue weighted by Gasteiger charge is -2.18. The molecule has 7 nitrogen and oxygen atoms in total. The number of hydrogen-bond donors (Lipinski definition) is 1. The summed E-state index contributed by atoms with van der Waals surface area (Å²) in [5.74, 6) is 0.413. The molecule has 8 heteroatoms. The summed E-state index contributed by atoms with van der Waals surface area (Å²) in [6.07, 6.45) is 0. The Balaban J connectivity index is 1.68. The van der Waals surface area contributed by atoms with Crippen molar-refractivity contribution < 1.29 is 9.53 Å². The highest BCUT2D eigenvalue weighted by Gasteiger charge is 2.26. The number of anilines is 1. The number of tetrazole rings is 1. The molecule has 0 radical (unpaired) electrons. The van der Waals surface area contributed by atoms with Crippen molar-refractivity contribution in [3.8, 4) is 11.4 Å². The van der Waals surface area contributed by atoms with Crippen LogP contribution >= 0.6 is 11.8 Å². The van der Waals surface area contributed by atoms with Crippen molar-refractivity contribution in [3.05, 3.63) is 89.0 Å². The Morgan fingerprint density at radius 3 is 2.45 bits per heavy atom. The van der Waals surface area contributed by atoms with Crippen LogP contribution in [0.4, 0.5) is 5.69 Å². The second-order valence-corrected chi connectivity index (χ2v) is 8.84. The number of methoxy groups -OCH3 is 1. The predicted octanol–water partition coefficient (Wildman–Crippen LogP) is 5.07. The molecule has 1 unspecified atom stereocenters. The molecule has 4 rings (SSSR count). The van der Waals surface area contributed by atoms with Crippen LogP contribution in [0.5, 0.6) is 5.75 Å². The lowest BCUT2D eigenvalue weighted by molar-refractivity contribution is -0.115. The number of nitrogens with zero attached hydrogens (tertiary/aromatic N) is 4. The van der Waals surface area contributed by atoms with Gasteiger partial charge >= 0.3 is 0 Å². The number of rotatable bonds is 7. The Kier molecular flexibility index (Phi) is 6.74. The number of hydrogen-bond acceptors (Lipinski definition) is 6. The van der Waals surface area contributed by atoms with Crippen molar-refractivity contribution in [2.24, 2.45) is 0 Å². The molecular weight excluding hydrogens is 434 g/mol. The molecule has 1 amide bonds. The van der Waals surface area contributed by atoms with Crippen molar-refractivity contribution in [3.63, 3.8) is 0 Å². The van der Waals surface area contributed by atoms with Gasteiger partial charge in [-0.3, -0.25) is 4.79 Å². The second kappa shape index (κ2) is 9.87. The molecule has 0 aliphatic rings. The average Bonchev–Trinajstić information content (AvgIpc) is 3.26. The third-order valence-corrected chi connectivity index (χ3v) is 6.39. The zero-order valence-corrected chi connectivity index (χ0v) is 19.8. The van der Waals surface area contributed by atoms with Crippen LogP contribution in [0.2, 0.25) is 0 Å². The van der Waals surface area contributed by atoms with Crippen LogP contribution in [-0.2, 0) is 4.79 Å². The molecule has 0 spiro atoms. The summed E-state index contributed by atoms with van der Waals surface area (Å²) in [5, 5.41) is 15.3. The van der Waals surface area contributed by atoms with Gasteiger partial charge in [-0.05, 0) is 66.1 Å². The highest BCUT2D eigenvalue weighted by Crippen LogP contribution is 2.37. The summed E-state index contributed by atoms with van der Waals surface area (Å²) in [7, 11) is 1.59. The van der Waals surface area contributed by atoms with Gasteiger partial charge in [-0.1, -0.05) is 65.9 Å². The molecule has 1 aromatic heterocycles. The first kappa shape index (κ1) is 22.5. The number of carbonyl (C=O) groups is 1. The number of thioether (sulfide) groups is 1. The maximum Gasteiger partial charge on any atom is 0.242 e. The van der Waals surface area contributed by atoms with E-state index in [9.17, 15) is 4.79 Å². The Hall–Kier alpha value is -3.65. The Labute approximate surface area is 197 Å². The quantitative estimate of drug-likeness (QED) is 0.389. The number of nitrogens with one attached hydrogen (secondary N) is 1. The summed E-state index contributed by atoms with van der Waals surface area (Å²) in [6.45, 7) is 6.03. The molecule has 0 saturated carbocycles. The zero-order chi connectivity index (χ0) is 23.4. The highest BCUT2D eigenvalue weighted by molar-refractivity contribution is 8.00. The lowest BCUT2D eigenvalue weighted by atomic mass is 10.1. The number of carbonyl (C=O) groups excluding carboxylic acids is 1. The van der Waals surface area contributed by atoms with E-state index in [0.29, 0.717) is 16.6 Å². The molecule has 0 fully saturated rings. The van der Waals surface area contributed by atoms with Crippen molar-refractivity contribution in [1.82, 2.24) is 20.2 Å². The number of aryl methyl sites for hydroxylation is 3. The minimum atomic E-state index is -0.577. The van der Waals surface area contributed by atoms with Crippen LogP contribution in [0.25, 0.3) is 5.69 Å². The van der Waals surface area contributed by atoms with E-state index in [4.69, 9.17) is 4.74 Å². The standard InChI is InChI=1S/C25H25N5O2S/c1-16-10-12-21(18(3)14-16)30-25(27-28-29-30)33-23(19-8-6-5-7-9-19)24(31)26-20-15-17(2)11-13-22(20)32-4/h5-15,23H,1-4H3,(H,26,31). The summed E-state index contributed by atoms with van der Waals surface area (Å²) in [4.78, 5) is 13.5. The van der Waals surface area contributed by atoms with Gasteiger partial charge in [0.2, 0.25) is 11.1 Å². The van der Waals surface area contributed by atoms with Crippen molar-refractivity contribution in [2.45, 2.75) is 31.2 Å². The molecule has 33 heavy (non-hydrogen) atoms. The number of aromatic nitrogens is 4. The highest BCUT2D eigenvalue weighted by atomic mass is 32.2. The molecule has 0 aliphatic carbocycles. The van der Waals surface area contributed by atoms with Gasteiger partial charge in [0.1, 0.15) is 11.0 Å². The van der Waals surface area contributed by atoms with Gasteiger partial charge in [0.15, 0.2) is 0 Å². The molecular formula is C25H25N5O2S.